The van der Waals surface area contributed by atoms with E-state index in [4.69, 9.17) is 0 Å². The number of hydrogen-bond donors (Lipinski definition) is 0. The SMILES string of the molecule is CC(C)C(=O)CC1=CCC=N1. The molecule has 60 valence electrons. The maximum Gasteiger partial charge on any atom is 0.141 e. The van der Waals surface area contributed by atoms with Crippen LogP contribution in [0, 0.1) is 5.92 Å². The quantitative estimate of drug-likeness (QED) is 0.606. The predicted molar refractivity (Wildman–Crippen MR) is 45.7 cm³/mol. The predicted octanol–water partition coefficient (Wildman–Crippen LogP) is 1.96. The lowest BCUT2D eigenvalue weighted by molar-refractivity contribution is -0.121. The van der Waals surface area contributed by atoms with E-state index >= 15 is 0 Å². The minimum Gasteiger partial charge on any atom is -0.299 e. The van der Waals surface area contributed by atoms with Crippen LogP contribution in [0.15, 0.2) is 16.8 Å². The number of Topliss-reactive ketones (excluding diaryl/α,β-unsaturated/α-hetero) is 1. The molecule has 0 aromatic heterocycles. The maximum absolute atomic E-state index is 11.2. The van der Waals surface area contributed by atoms with Gasteiger partial charge in [0.15, 0.2) is 0 Å². The van der Waals surface area contributed by atoms with Gasteiger partial charge in [-0.1, -0.05) is 19.9 Å². The number of nitrogens with zero attached hydrogens (tertiary/aromatic N) is 1. The summed E-state index contributed by atoms with van der Waals surface area (Å²) in [5, 5.41) is 0. The van der Waals surface area contributed by atoms with Gasteiger partial charge in [0.05, 0.1) is 0 Å². The van der Waals surface area contributed by atoms with Crippen molar-refractivity contribution in [1.29, 1.82) is 0 Å². The fraction of sp³-hybridized carbons (Fsp3) is 0.556. The second-order valence-corrected chi connectivity index (χ2v) is 3.04. The molecule has 0 spiro atoms. The van der Waals surface area contributed by atoms with E-state index in [1.165, 1.54) is 0 Å². The second kappa shape index (κ2) is 3.46. The average molecular weight is 151 g/mol. The molecule has 0 radical (unpaired) electrons. The lowest BCUT2D eigenvalue weighted by atomic mass is 10.1. The molecule has 0 saturated carbocycles. The van der Waals surface area contributed by atoms with Gasteiger partial charge < -0.3 is 0 Å². The highest BCUT2D eigenvalue weighted by Crippen LogP contribution is 2.12. The van der Waals surface area contributed by atoms with E-state index in [9.17, 15) is 4.79 Å². The van der Waals surface area contributed by atoms with Gasteiger partial charge in [-0.15, -0.1) is 0 Å². The van der Waals surface area contributed by atoms with Crippen LogP contribution < -0.4 is 0 Å². The molecule has 2 nitrogen and oxygen atoms in total. The third-order valence-corrected chi connectivity index (χ3v) is 1.72. The summed E-state index contributed by atoms with van der Waals surface area (Å²) >= 11 is 0. The number of carbonyl (C=O) groups is 1. The van der Waals surface area contributed by atoms with Crippen molar-refractivity contribution in [2.75, 3.05) is 0 Å². The number of hydrogen-bond acceptors (Lipinski definition) is 2. The fourth-order valence-corrected chi connectivity index (χ4v) is 0.912. The van der Waals surface area contributed by atoms with Gasteiger partial charge >= 0.3 is 0 Å². The van der Waals surface area contributed by atoms with Crippen LogP contribution in [-0.2, 0) is 4.79 Å². The zero-order valence-electron chi connectivity index (χ0n) is 7.00. The molecule has 1 aliphatic heterocycles. The van der Waals surface area contributed by atoms with Crippen LogP contribution in [0.5, 0.6) is 0 Å². The molecular weight excluding hydrogens is 138 g/mol. The van der Waals surface area contributed by atoms with E-state index in [1.54, 1.807) is 0 Å². The first-order chi connectivity index (χ1) is 5.20. The number of rotatable bonds is 3. The lowest BCUT2D eigenvalue weighted by Gasteiger charge is -2.01. The molecule has 2 heteroatoms. The Kier molecular flexibility index (Phi) is 2.58. The van der Waals surface area contributed by atoms with E-state index in [1.807, 2.05) is 26.1 Å². The first-order valence-corrected chi connectivity index (χ1v) is 3.94. The van der Waals surface area contributed by atoms with E-state index in [0.29, 0.717) is 6.42 Å². The fourth-order valence-electron chi connectivity index (χ4n) is 0.912. The molecule has 0 unspecified atom stereocenters. The normalized spacial score (nSPS) is 15.7. The van der Waals surface area contributed by atoms with Crippen LogP contribution >= 0.6 is 0 Å². The van der Waals surface area contributed by atoms with Crippen molar-refractivity contribution in [2.45, 2.75) is 26.7 Å². The van der Waals surface area contributed by atoms with Crippen LogP contribution in [-0.4, -0.2) is 12.0 Å². The Morgan fingerprint density at radius 1 is 1.73 bits per heavy atom. The van der Waals surface area contributed by atoms with Crippen molar-refractivity contribution in [1.82, 2.24) is 0 Å². The van der Waals surface area contributed by atoms with Crippen molar-refractivity contribution in [3.8, 4) is 0 Å². The van der Waals surface area contributed by atoms with E-state index < -0.39 is 0 Å². The largest absolute Gasteiger partial charge is 0.299 e. The average Bonchev–Trinajstić information content (AvgIpc) is 2.39. The molecule has 1 aliphatic rings. The van der Waals surface area contributed by atoms with Crippen molar-refractivity contribution < 1.29 is 4.79 Å². The molecule has 0 N–H and O–H groups in total. The monoisotopic (exact) mass is 151 g/mol. The van der Waals surface area contributed by atoms with E-state index in [0.717, 1.165) is 12.1 Å². The molecule has 0 aromatic carbocycles. The lowest BCUT2D eigenvalue weighted by Crippen LogP contribution is -2.06. The van der Waals surface area contributed by atoms with Crippen LogP contribution in [0.2, 0.25) is 0 Å². The number of aliphatic imine (C=N–C) groups is 1. The van der Waals surface area contributed by atoms with Gasteiger partial charge in [0.25, 0.3) is 0 Å². The summed E-state index contributed by atoms with van der Waals surface area (Å²) in [5.41, 5.74) is 0.934. The third kappa shape index (κ3) is 2.30. The van der Waals surface area contributed by atoms with Crippen LogP contribution in [0.1, 0.15) is 26.7 Å². The summed E-state index contributed by atoms with van der Waals surface area (Å²) in [7, 11) is 0. The van der Waals surface area contributed by atoms with Crippen molar-refractivity contribution in [3.05, 3.63) is 11.8 Å². The number of allylic oxidation sites excluding steroid dienone is 2. The van der Waals surface area contributed by atoms with Crippen molar-refractivity contribution >= 4 is 12.0 Å². The number of carbonyl (C=O) groups excluding carboxylic acids is 1. The molecule has 0 aliphatic carbocycles. The molecule has 0 bridgehead atoms. The first kappa shape index (κ1) is 8.18. The van der Waals surface area contributed by atoms with Gasteiger partial charge in [0.1, 0.15) is 5.78 Å². The Labute approximate surface area is 67.0 Å². The zero-order valence-corrected chi connectivity index (χ0v) is 7.00. The molecule has 0 fully saturated rings. The van der Waals surface area contributed by atoms with Gasteiger partial charge in [0.2, 0.25) is 0 Å². The molecule has 1 heterocycles. The highest BCUT2D eigenvalue weighted by molar-refractivity contribution is 5.83. The van der Waals surface area contributed by atoms with E-state index in [-0.39, 0.29) is 11.7 Å². The van der Waals surface area contributed by atoms with Gasteiger partial charge in [-0.05, 0) is 0 Å². The number of ketones is 1. The summed E-state index contributed by atoms with van der Waals surface area (Å²) in [6.45, 7) is 3.84. The summed E-state index contributed by atoms with van der Waals surface area (Å²) in [5.74, 6) is 0.405. The second-order valence-electron chi connectivity index (χ2n) is 3.04. The minimum atomic E-state index is 0.131. The van der Waals surface area contributed by atoms with Gasteiger partial charge in [-0.25, -0.2) is 0 Å². The topological polar surface area (TPSA) is 29.4 Å². The van der Waals surface area contributed by atoms with Crippen molar-refractivity contribution in [3.63, 3.8) is 0 Å². The maximum atomic E-state index is 11.2. The molecule has 11 heavy (non-hydrogen) atoms. The molecule has 0 amide bonds. The molecule has 0 aromatic rings. The zero-order chi connectivity index (χ0) is 8.27. The van der Waals surface area contributed by atoms with Gasteiger partial charge in [0, 0.05) is 30.7 Å². The van der Waals surface area contributed by atoms with Crippen LogP contribution in [0.25, 0.3) is 0 Å². The Bertz CT molecular complexity index is 214. The molecule has 0 saturated heterocycles. The molecule has 1 rings (SSSR count). The minimum absolute atomic E-state index is 0.131. The highest BCUT2D eigenvalue weighted by atomic mass is 16.1. The Morgan fingerprint density at radius 3 is 2.91 bits per heavy atom. The highest BCUT2D eigenvalue weighted by Gasteiger charge is 2.10. The van der Waals surface area contributed by atoms with Gasteiger partial charge in [-0.3, -0.25) is 9.79 Å². The summed E-state index contributed by atoms with van der Waals surface area (Å²) in [4.78, 5) is 15.3. The van der Waals surface area contributed by atoms with Gasteiger partial charge in [-0.2, -0.15) is 0 Å². The summed E-state index contributed by atoms with van der Waals surface area (Å²) in [6, 6.07) is 0. The molecule has 0 atom stereocenters. The summed E-state index contributed by atoms with van der Waals surface area (Å²) < 4.78 is 0. The van der Waals surface area contributed by atoms with Crippen LogP contribution in [0.3, 0.4) is 0 Å². The molecular formula is C9H13NO. The Balaban J connectivity index is 2.42. The summed E-state index contributed by atoms with van der Waals surface area (Å²) in [6.07, 6.45) is 5.23. The Hall–Kier alpha value is -0.920. The smallest absolute Gasteiger partial charge is 0.141 e. The van der Waals surface area contributed by atoms with Crippen LogP contribution in [0.4, 0.5) is 0 Å². The third-order valence-electron chi connectivity index (χ3n) is 1.72. The first-order valence-electron chi connectivity index (χ1n) is 3.94. The van der Waals surface area contributed by atoms with Crippen molar-refractivity contribution in [2.24, 2.45) is 10.9 Å². The Morgan fingerprint density at radius 2 is 2.45 bits per heavy atom. The van der Waals surface area contributed by atoms with E-state index in [2.05, 4.69) is 4.99 Å². The standard InChI is InChI=1S/C9H13NO/c1-7(2)9(11)6-8-4-3-5-10-8/h4-5,7H,3,6H2,1-2H3.